The number of aromatic nitrogens is 2. The van der Waals surface area contributed by atoms with Crippen LogP contribution < -0.4 is 0 Å². The molecule has 25 heavy (non-hydrogen) atoms. The van der Waals surface area contributed by atoms with Crippen molar-refractivity contribution in [3.05, 3.63) is 47.8 Å². The summed E-state index contributed by atoms with van der Waals surface area (Å²) in [6.07, 6.45) is 3.94. The zero-order valence-electron chi connectivity index (χ0n) is 14.7. The van der Waals surface area contributed by atoms with Gasteiger partial charge in [-0.1, -0.05) is 12.1 Å². The molecule has 7 heteroatoms. The van der Waals surface area contributed by atoms with Crippen LogP contribution in [0.1, 0.15) is 11.1 Å². The third-order valence-corrected chi connectivity index (χ3v) is 7.06. The smallest absolute Gasteiger partial charge is 0.153 e. The first kappa shape index (κ1) is 16.8. The van der Waals surface area contributed by atoms with E-state index in [1.165, 1.54) is 5.56 Å². The summed E-state index contributed by atoms with van der Waals surface area (Å²) < 4.78 is 26.1. The minimum atomic E-state index is -2.93. The fourth-order valence-corrected chi connectivity index (χ4v) is 6.07. The number of rotatable bonds is 3. The molecule has 2 fully saturated rings. The van der Waals surface area contributed by atoms with Gasteiger partial charge in [-0.25, -0.2) is 13.1 Å². The highest BCUT2D eigenvalue weighted by Crippen LogP contribution is 2.27. The number of fused-ring (bicyclic) bond motifs is 1. The van der Waals surface area contributed by atoms with E-state index in [0.717, 1.165) is 30.9 Å². The molecular weight excluding hydrogens is 336 g/mol. The standard InChI is InChI=1S/C18H24N4O2S/c1-14-4-3-5-16(8-14)22-11-15(9-19-22)10-21-7-6-20(2)17-12-25(23,24)13-18(17)21/h3-5,8-9,11,17-18H,6-7,10,12-13H2,1-2H3/t17-,18+/m0/s1. The average molecular weight is 360 g/mol. The molecule has 0 aliphatic carbocycles. The Balaban J connectivity index is 1.53. The van der Waals surface area contributed by atoms with E-state index in [-0.39, 0.29) is 23.6 Å². The number of aryl methyl sites for hydroxylation is 1. The van der Waals surface area contributed by atoms with Gasteiger partial charge in [0.2, 0.25) is 0 Å². The lowest BCUT2D eigenvalue weighted by atomic mass is 10.1. The minimum absolute atomic E-state index is 0.0890. The van der Waals surface area contributed by atoms with Crippen molar-refractivity contribution in [1.29, 1.82) is 0 Å². The third kappa shape index (κ3) is 3.36. The number of nitrogens with zero attached hydrogens (tertiary/aromatic N) is 4. The van der Waals surface area contributed by atoms with Crippen molar-refractivity contribution in [1.82, 2.24) is 19.6 Å². The molecule has 6 nitrogen and oxygen atoms in total. The summed E-state index contributed by atoms with van der Waals surface area (Å²) >= 11 is 0. The first-order chi connectivity index (χ1) is 11.9. The van der Waals surface area contributed by atoms with Gasteiger partial charge in [0.25, 0.3) is 0 Å². The van der Waals surface area contributed by atoms with Gasteiger partial charge in [-0.05, 0) is 31.7 Å². The van der Waals surface area contributed by atoms with Gasteiger partial charge in [0.15, 0.2) is 9.84 Å². The second kappa shape index (κ2) is 6.23. The lowest BCUT2D eigenvalue weighted by Gasteiger charge is -2.42. The second-order valence-corrected chi connectivity index (χ2v) is 9.45. The molecule has 0 saturated carbocycles. The Morgan fingerprint density at radius 3 is 2.80 bits per heavy atom. The van der Waals surface area contributed by atoms with Crippen LogP contribution in [-0.4, -0.2) is 71.7 Å². The molecule has 0 N–H and O–H groups in total. The maximum absolute atomic E-state index is 12.1. The molecule has 1 aromatic carbocycles. The number of benzene rings is 1. The topological polar surface area (TPSA) is 58.4 Å². The van der Waals surface area contributed by atoms with Crippen LogP contribution in [0.4, 0.5) is 0 Å². The molecule has 2 aromatic rings. The average Bonchev–Trinajstić information content (AvgIpc) is 3.14. The van der Waals surface area contributed by atoms with Crippen molar-refractivity contribution in [2.45, 2.75) is 25.6 Å². The van der Waals surface area contributed by atoms with Crippen molar-refractivity contribution < 1.29 is 8.42 Å². The maximum atomic E-state index is 12.1. The molecule has 0 bridgehead atoms. The lowest BCUT2D eigenvalue weighted by Crippen LogP contribution is -2.57. The lowest BCUT2D eigenvalue weighted by molar-refractivity contribution is 0.0573. The molecule has 0 amide bonds. The fraction of sp³-hybridized carbons (Fsp3) is 0.500. The van der Waals surface area contributed by atoms with Gasteiger partial charge in [0.1, 0.15) is 0 Å². The minimum Gasteiger partial charge on any atom is -0.300 e. The zero-order chi connectivity index (χ0) is 17.6. The molecule has 1 aromatic heterocycles. The van der Waals surface area contributed by atoms with Crippen molar-refractivity contribution >= 4 is 9.84 Å². The van der Waals surface area contributed by atoms with E-state index in [2.05, 4.69) is 34.0 Å². The summed E-state index contributed by atoms with van der Waals surface area (Å²) in [7, 11) is -0.900. The van der Waals surface area contributed by atoms with Gasteiger partial charge in [-0.15, -0.1) is 0 Å². The molecule has 134 valence electrons. The van der Waals surface area contributed by atoms with Gasteiger partial charge in [-0.2, -0.15) is 5.10 Å². The number of hydrogen-bond acceptors (Lipinski definition) is 5. The summed E-state index contributed by atoms with van der Waals surface area (Å²) in [6.45, 7) is 4.61. The highest BCUT2D eigenvalue weighted by molar-refractivity contribution is 7.91. The number of sulfone groups is 1. The Hall–Kier alpha value is -1.70. The Morgan fingerprint density at radius 2 is 2.00 bits per heavy atom. The van der Waals surface area contributed by atoms with E-state index >= 15 is 0 Å². The van der Waals surface area contributed by atoms with E-state index in [0.29, 0.717) is 0 Å². The molecular formula is C18H24N4O2S. The van der Waals surface area contributed by atoms with Crippen LogP contribution in [0.15, 0.2) is 36.7 Å². The Bertz CT molecular complexity index is 877. The summed E-state index contributed by atoms with van der Waals surface area (Å²) in [5.74, 6) is 0.557. The van der Waals surface area contributed by atoms with E-state index in [1.54, 1.807) is 0 Å². The van der Waals surface area contributed by atoms with E-state index in [1.807, 2.05) is 36.3 Å². The molecule has 0 unspecified atom stereocenters. The van der Waals surface area contributed by atoms with Crippen molar-refractivity contribution in [3.8, 4) is 5.69 Å². The Morgan fingerprint density at radius 1 is 1.20 bits per heavy atom. The maximum Gasteiger partial charge on any atom is 0.153 e. The summed E-state index contributed by atoms with van der Waals surface area (Å²) in [5, 5.41) is 4.48. The van der Waals surface area contributed by atoms with Crippen LogP contribution in [-0.2, 0) is 16.4 Å². The van der Waals surface area contributed by atoms with Crippen LogP contribution in [0.25, 0.3) is 5.69 Å². The number of hydrogen-bond donors (Lipinski definition) is 0. The number of likely N-dealkylation sites (N-methyl/N-ethyl adjacent to an activating group) is 1. The van der Waals surface area contributed by atoms with Crippen molar-refractivity contribution in [2.75, 3.05) is 31.6 Å². The zero-order valence-corrected chi connectivity index (χ0v) is 15.5. The monoisotopic (exact) mass is 360 g/mol. The van der Waals surface area contributed by atoms with Crippen molar-refractivity contribution in [3.63, 3.8) is 0 Å². The van der Waals surface area contributed by atoms with E-state index in [9.17, 15) is 8.42 Å². The highest BCUT2D eigenvalue weighted by Gasteiger charge is 2.45. The molecule has 2 saturated heterocycles. The van der Waals surface area contributed by atoms with E-state index < -0.39 is 9.84 Å². The molecule has 2 aliphatic rings. The van der Waals surface area contributed by atoms with Crippen LogP contribution in [0, 0.1) is 6.92 Å². The molecule has 0 radical (unpaired) electrons. The first-order valence-electron chi connectivity index (χ1n) is 8.67. The SMILES string of the molecule is Cc1cccc(-n2cc(CN3CCN(C)[C@H]4CS(=O)(=O)C[C@H]43)cn2)c1. The van der Waals surface area contributed by atoms with Crippen LogP contribution in [0.5, 0.6) is 0 Å². The fourth-order valence-electron chi connectivity index (χ4n) is 3.98. The largest absolute Gasteiger partial charge is 0.300 e. The van der Waals surface area contributed by atoms with Gasteiger partial charge in [-0.3, -0.25) is 9.80 Å². The molecule has 2 atom stereocenters. The summed E-state index contributed by atoms with van der Waals surface area (Å²) in [4.78, 5) is 4.51. The quantitative estimate of drug-likeness (QED) is 0.820. The van der Waals surface area contributed by atoms with Crippen LogP contribution >= 0.6 is 0 Å². The van der Waals surface area contributed by atoms with Gasteiger partial charge < -0.3 is 0 Å². The van der Waals surface area contributed by atoms with E-state index in [4.69, 9.17) is 0 Å². The van der Waals surface area contributed by atoms with Crippen LogP contribution in [0.2, 0.25) is 0 Å². The predicted molar refractivity (Wildman–Crippen MR) is 97.6 cm³/mol. The van der Waals surface area contributed by atoms with Crippen molar-refractivity contribution in [2.24, 2.45) is 0 Å². The highest BCUT2D eigenvalue weighted by atomic mass is 32.2. The van der Waals surface area contributed by atoms with Gasteiger partial charge >= 0.3 is 0 Å². The second-order valence-electron chi connectivity index (χ2n) is 7.29. The third-order valence-electron chi connectivity index (χ3n) is 5.36. The van der Waals surface area contributed by atoms with Gasteiger partial charge in [0.05, 0.1) is 23.4 Å². The summed E-state index contributed by atoms with van der Waals surface area (Å²) in [6, 6.07) is 8.45. The predicted octanol–water partition coefficient (Wildman–Crippen LogP) is 1.09. The Labute approximate surface area is 149 Å². The first-order valence-corrected chi connectivity index (χ1v) is 10.5. The van der Waals surface area contributed by atoms with Gasteiger partial charge in [0, 0.05) is 43.5 Å². The Kier molecular flexibility index (Phi) is 4.17. The molecule has 4 rings (SSSR count). The molecule has 3 heterocycles. The summed E-state index contributed by atoms with van der Waals surface area (Å²) in [5.41, 5.74) is 3.37. The normalized spacial score (nSPS) is 26.6. The number of piperazine rings is 1. The molecule has 2 aliphatic heterocycles. The van der Waals surface area contributed by atoms with Crippen LogP contribution in [0.3, 0.4) is 0 Å². The molecule has 0 spiro atoms.